The molecule has 3 aromatic rings. The van der Waals surface area contributed by atoms with Crippen LogP contribution in [0.3, 0.4) is 0 Å². The van der Waals surface area contributed by atoms with Gasteiger partial charge in [0.2, 0.25) is 0 Å². The van der Waals surface area contributed by atoms with Crippen LogP contribution in [0.4, 0.5) is 0 Å². The van der Waals surface area contributed by atoms with Crippen molar-refractivity contribution >= 4 is 16.8 Å². The molecule has 1 amide bonds. The summed E-state index contributed by atoms with van der Waals surface area (Å²) in [5.74, 6) is 0.700. The number of ether oxygens (including phenoxy) is 1. The Labute approximate surface area is 129 Å². The first-order valence-corrected chi connectivity index (χ1v) is 7.14. The quantitative estimate of drug-likeness (QED) is 0.803. The van der Waals surface area contributed by atoms with E-state index in [1.54, 1.807) is 7.11 Å². The molecule has 0 unspecified atom stereocenters. The van der Waals surface area contributed by atoms with Gasteiger partial charge in [-0.05, 0) is 23.8 Å². The molecule has 22 heavy (non-hydrogen) atoms. The molecule has 0 spiro atoms. The molecule has 0 saturated carbocycles. The second kappa shape index (κ2) is 5.93. The Morgan fingerprint density at radius 2 is 1.91 bits per heavy atom. The SMILES string of the molecule is COc1ccc2cc(C(=O)NCc3ccccc3)n(C)c2c1. The van der Waals surface area contributed by atoms with Crippen LogP contribution in [0.2, 0.25) is 0 Å². The zero-order valence-corrected chi connectivity index (χ0v) is 12.7. The standard InChI is InChI=1S/C18H18N2O2/c1-20-16-11-15(22-2)9-8-14(16)10-17(20)18(21)19-12-13-6-4-3-5-7-13/h3-11H,12H2,1-2H3,(H,19,21). The van der Waals surface area contributed by atoms with E-state index in [-0.39, 0.29) is 5.91 Å². The van der Waals surface area contributed by atoms with Gasteiger partial charge in [-0.25, -0.2) is 0 Å². The number of fused-ring (bicyclic) bond motifs is 1. The van der Waals surface area contributed by atoms with Crippen LogP contribution >= 0.6 is 0 Å². The summed E-state index contributed by atoms with van der Waals surface area (Å²) in [4.78, 5) is 12.4. The number of nitrogens with zero attached hydrogens (tertiary/aromatic N) is 1. The largest absolute Gasteiger partial charge is 0.497 e. The molecule has 0 radical (unpaired) electrons. The number of amides is 1. The second-order valence-electron chi connectivity index (χ2n) is 5.18. The molecule has 0 bridgehead atoms. The van der Waals surface area contributed by atoms with Gasteiger partial charge in [-0.1, -0.05) is 30.3 Å². The maximum atomic E-state index is 12.4. The molecule has 1 aromatic heterocycles. The number of hydrogen-bond donors (Lipinski definition) is 1. The normalized spacial score (nSPS) is 10.6. The monoisotopic (exact) mass is 294 g/mol. The number of rotatable bonds is 4. The van der Waals surface area contributed by atoms with Gasteiger partial charge in [-0.2, -0.15) is 0 Å². The number of hydrogen-bond acceptors (Lipinski definition) is 2. The van der Waals surface area contributed by atoms with Crippen LogP contribution in [-0.4, -0.2) is 17.6 Å². The van der Waals surface area contributed by atoms with Crippen LogP contribution in [0.5, 0.6) is 5.75 Å². The summed E-state index contributed by atoms with van der Waals surface area (Å²) in [7, 11) is 3.52. The molecule has 0 atom stereocenters. The minimum Gasteiger partial charge on any atom is -0.497 e. The van der Waals surface area contributed by atoms with Crippen LogP contribution in [0.15, 0.2) is 54.6 Å². The van der Waals surface area contributed by atoms with Crippen LogP contribution < -0.4 is 10.1 Å². The van der Waals surface area contributed by atoms with Crippen molar-refractivity contribution < 1.29 is 9.53 Å². The van der Waals surface area contributed by atoms with Crippen molar-refractivity contribution in [2.45, 2.75) is 6.54 Å². The Morgan fingerprint density at radius 3 is 2.64 bits per heavy atom. The van der Waals surface area contributed by atoms with Crippen molar-refractivity contribution in [1.29, 1.82) is 0 Å². The number of methoxy groups -OCH3 is 1. The van der Waals surface area contributed by atoms with E-state index in [1.165, 1.54) is 0 Å². The highest BCUT2D eigenvalue weighted by molar-refractivity contribution is 5.98. The lowest BCUT2D eigenvalue weighted by molar-refractivity contribution is 0.0943. The van der Waals surface area contributed by atoms with Crippen LogP contribution in [-0.2, 0) is 13.6 Å². The summed E-state index contributed by atoms with van der Waals surface area (Å²) in [6.45, 7) is 0.518. The molecular formula is C18H18N2O2. The lowest BCUT2D eigenvalue weighted by Gasteiger charge is -2.07. The van der Waals surface area contributed by atoms with Gasteiger partial charge in [0.05, 0.1) is 12.6 Å². The molecule has 0 aliphatic rings. The van der Waals surface area contributed by atoms with Crippen molar-refractivity contribution in [3.8, 4) is 5.75 Å². The summed E-state index contributed by atoms with van der Waals surface area (Å²) in [5.41, 5.74) is 2.69. The van der Waals surface area contributed by atoms with E-state index in [4.69, 9.17) is 4.74 Å². The number of aryl methyl sites for hydroxylation is 1. The van der Waals surface area contributed by atoms with Crippen molar-refractivity contribution in [3.63, 3.8) is 0 Å². The average Bonchev–Trinajstić information content (AvgIpc) is 2.90. The lowest BCUT2D eigenvalue weighted by atomic mass is 10.2. The van der Waals surface area contributed by atoms with Crippen LogP contribution in [0.1, 0.15) is 16.1 Å². The van der Waals surface area contributed by atoms with E-state index in [1.807, 2.05) is 66.2 Å². The van der Waals surface area contributed by atoms with E-state index < -0.39 is 0 Å². The van der Waals surface area contributed by atoms with Gasteiger partial charge in [0, 0.05) is 25.0 Å². The highest BCUT2D eigenvalue weighted by Crippen LogP contribution is 2.23. The third kappa shape index (κ3) is 2.68. The topological polar surface area (TPSA) is 43.3 Å². The van der Waals surface area contributed by atoms with Crippen molar-refractivity contribution in [1.82, 2.24) is 9.88 Å². The Balaban J connectivity index is 1.83. The Kier molecular flexibility index (Phi) is 3.83. The summed E-state index contributed by atoms with van der Waals surface area (Å²) >= 11 is 0. The predicted octanol–water partition coefficient (Wildman–Crippen LogP) is 3.12. The van der Waals surface area contributed by atoms with E-state index in [0.29, 0.717) is 12.2 Å². The third-order valence-electron chi connectivity index (χ3n) is 3.78. The first kappa shape index (κ1) is 14.2. The number of benzene rings is 2. The Bertz CT molecular complexity index is 807. The zero-order valence-electron chi connectivity index (χ0n) is 12.7. The summed E-state index contributed by atoms with van der Waals surface area (Å²) in [6.07, 6.45) is 0. The number of carbonyl (C=O) groups excluding carboxylic acids is 1. The molecule has 4 heteroatoms. The minimum absolute atomic E-state index is 0.0819. The van der Waals surface area contributed by atoms with Gasteiger partial charge < -0.3 is 14.6 Å². The molecule has 3 rings (SSSR count). The number of aromatic nitrogens is 1. The molecule has 1 heterocycles. The van der Waals surface area contributed by atoms with Gasteiger partial charge in [0.1, 0.15) is 11.4 Å². The summed E-state index contributed by atoms with van der Waals surface area (Å²) in [6, 6.07) is 17.6. The third-order valence-corrected chi connectivity index (χ3v) is 3.78. The summed E-state index contributed by atoms with van der Waals surface area (Å²) in [5, 5.41) is 3.98. The Morgan fingerprint density at radius 1 is 1.14 bits per heavy atom. The molecule has 0 aliphatic heterocycles. The van der Waals surface area contributed by atoms with E-state index in [9.17, 15) is 4.79 Å². The van der Waals surface area contributed by atoms with Crippen molar-refractivity contribution in [2.24, 2.45) is 7.05 Å². The highest BCUT2D eigenvalue weighted by Gasteiger charge is 2.13. The fourth-order valence-electron chi connectivity index (χ4n) is 2.52. The van der Waals surface area contributed by atoms with Gasteiger partial charge in [-0.15, -0.1) is 0 Å². The van der Waals surface area contributed by atoms with E-state index in [2.05, 4.69) is 5.32 Å². The molecule has 0 aliphatic carbocycles. The average molecular weight is 294 g/mol. The van der Waals surface area contributed by atoms with Crippen LogP contribution in [0, 0.1) is 0 Å². The molecule has 4 nitrogen and oxygen atoms in total. The fourth-order valence-corrected chi connectivity index (χ4v) is 2.52. The zero-order chi connectivity index (χ0) is 15.5. The molecule has 2 aromatic carbocycles. The smallest absolute Gasteiger partial charge is 0.268 e. The molecule has 0 fully saturated rings. The van der Waals surface area contributed by atoms with Crippen molar-refractivity contribution in [3.05, 3.63) is 65.9 Å². The summed E-state index contributed by atoms with van der Waals surface area (Å²) < 4.78 is 7.13. The van der Waals surface area contributed by atoms with Gasteiger partial charge in [0.25, 0.3) is 5.91 Å². The van der Waals surface area contributed by atoms with Gasteiger partial charge >= 0.3 is 0 Å². The maximum Gasteiger partial charge on any atom is 0.268 e. The predicted molar refractivity (Wildman–Crippen MR) is 87.1 cm³/mol. The van der Waals surface area contributed by atoms with E-state index in [0.717, 1.165) is 22.2 Å². The van der Waals surface area contributed by atoms with Crippen LogP contribution in [0.25, 0.3) is 10.9 Å². The molecular weight excluding hydrogens is 276 g/mol. The first-order chi connectivity index (χ1) is 10.7. The second-order valence-corrected chi connectivity index (χ2v) is 5.18. The number of carbonyl (C=O) groups is 1. The minimum atomic E-state index is -0.0819. The van der Waals surface area contributed by atoms with Crippen molar-refractivity contribution in [2.75, 3.05) is 7.11 Å². The maximum absolute atomic E-state index is 12.4. The molecule has 0 saturated heterocycles. The van der Waals surface area contributed by atoms with Gasteiger partial charge in [-0.3, -0.25) is 4.79 Å². The fraction of sp³-hybridized carbons (Fsp3) is 0.167. The molecule has 112 valence electrons. The highest BCUT2D eigenvalue weighted by atomic mass is 16.5. The Hall–Kier alpha value is -2.75. The lowest BCUT2D eigenvalue weighted by Crippen LogP contribution is -2.24. The first-order valence-electron chi connectivity index (χ1n) is 7.14. The van der Waals surface area contributed by atoms with Gasteiger partial charge in [0.15, 0.2) is 0 Å². The van der Waals surface area contributed by atoms with E-state index >= 15 is 0 Å². The number of nitrogens with one attached hydrogen (secondary N) is 1. The molecule has 1 N–H and O–H groups in total.